The first kappa shape index (κ1) is 14.4. The number of aryl methyl sites for hydroxylation is 1. The molecular weight excluding hydrogens is 342 g/mol. The van der Waals surface area contributed by atoms with E-state index >= 15 is 0 Å². The highest BCUT2D eigenvalue weighted by atomic mass is 79.9. The number of hydrogen-bond donors (Lipinski definition) is 1. The van der Waals surface area contributed by atoms with Crippen LogP contribution in [0.15, 0.2) is 65.1 Å². The molecule has 0 aliphatic heterocycles. The van der Waals surface area contributed by atoms with Gasteiger partial charge in [0.15, 0.2) is 0 Å². The largest absolute Gasteiger partial charge is 0.380 e. The summed E-state index contributed by atoms with van der Waals surface area (Å²) in [6.45, 7) is 2.96. The second-order valence-electron chi connectivity index (χ2n) is 4.95. The van der Waals surface area contributed by atoms with E-state index in [1.54, 1.807) is 0 Å². The smallest absolute Gasteiger partial charge is 0.0494 e. The summed E-state index contributed by atoms with van der Waals surface area (Å²) in [6.07, 6.45) is 0. The second kappa shape index (κ2) is 6.46. The molecule has 3 aromatic rings. The standard InChI is InChI=1S/C18H16BrNS/c1-13-11-15(7-9-17(13)19)20-12-16-8-10-18(21-16)14-5-3-2-4-6-14/h2-11,20H,12H2,1H3. The van der Waals surface area contributed by atoms with Gasteiger partial charge in [-0.15, -0.1) is 11.3 Å². The van der Waals surface area contributed by atoms with Crippen molar-refractivity contribution < 1.29 is 0 Å². The van der Waals surface area contributed by atoms with E-state index in [4.69, 9.17) is 0 Å². The third kappa shape index (κ3) is 3.55. The molecule has 106 valence electrons. The van der Waals surface area contributed by atoms with Crippen molar-refractivity contribution in [3.8, 4) is 10.4 Å². The van der Waals surface area contributed by atoms with Crippen molar-refractivity contribution in [2.24, 2.45) is 0 Å². The lowest BCUT2D eigenvalue weighted by Gasteiger charge is -2.06. The molecule has 21 heavy (non-hydrogen) atoms. The highest BCUT2D eigenvalue weighted by Gasteiger charge is 2.03. The van der Waals surface area contributed by atoms with E-state index in [9.17, 15) is 0 Å². The summed E-state index contributed by atoms with van der Waals surface area (Å²) in [5.41, 5.74) is 3.69. The van der Waals surface area contributed by atoms with Crippen LogP contribution in [0.3, 0.4) is 0 Å². The Hall–Kier alpha value is -1.58. The first-order chi connectivity index (χ1) is 10.2. The molecule has 0 fully saturated rings. The predicted octanol–water partition coefficient (Wildman–Crippen LogP) is 6.10. The van der Waals surface area contributed by atoms with E-state index < -0.39 is 0 Å². The molecule has 0 atom stereocenters. The number of halogens is 1. The number of benzene rings is 2. The zero-order valence-electron chi connectivity index (χ0n) is 11.8. The van der Waals surface area contributed by atoms with Gasteiger partial charge in [-0.3, -0.25) is 0 Å². The van der Waals surface area contributed by atoms with Crippen LogP contribution < -0.4 is 5.32 Å². The van der Waals surface area contributed by atoms with Crippen LogP contribution >= 0.6 is 27.3 Å². The Labute approximate surface area is 137 Å². The molecule has 1 nitrogen and oxygen atoms in total. The van der Waals surface area contributed by atoms with Gasteiger partial charge < -0.3 is 5.32 Å². The molecule has 1 heterocycles. The summed E-state index contributed by atoms with van der Waals surface area (Å²) >= 11 is 5.37. The Morgan fingerprint density at radius 3 is 2.57 bits per heavy atom. The zero-order chi connectivity index (χ0) is 14.7. The van der Waals surface area contributed by atoms with Crippen LogP contribution in [0.5, 0.6) is 0 Å². The summed E-state index contributed by atoms with van der Waals surface area (Å²) < 4.78 is 1.15. The van der Waals surface area contributed by atoms with Gasteiger partial charge in [0.05, 0.1) is 0 Å². The van der Waals surface area contributed by atoms with E-state index in [1.165, 1.54) is 20.9 Å². The molecule has 3 rings (SSSR count). The normalized spacial score (nSPS) is 10.6. The van der Waals surface area contributed by atoms with Gasteiger partial charge in [-0.2, -0.15) is 0 Å². The van der Waals surface area contributed by atoms with Crippen molar-refractivity contribution >= 4 is 33.0 Å². The number of thiophene rings is 1. The number of anilines is 1. The minimum atomic E-state index is 0.860. The van der Waals surface area contributed by atoms with Crippen molar-refractivity contribution in [1.82, 2.24) is 0 Å². The average Bonchev–Trinajstić information content (AvgIpc) is 2.98. The fourth-order valence-corrected chi connectivity index (χ4v) is 3.37. The highest BCUT2D eigenvalue weighted by Crippen LogP contribution is 2.28. The molecule has 0 radical (unpaired) electrons. The van der Waals surface area contributed by atoms with Gasteiger partial charge in [0.2, 0.25) is 0 Å². The van der Waals surface area contributed by atoms with Gasteiger partial charge in [0.25, 0.3) is 0 Å². The molecule has 0 unspecified atom stereocenters. The third-order valence-electron chi connectivity index (χ3n) is 3.34. The van der Waals surface area contributed by atoms with Gasteiger partial charge in [-0.05, 0) is 48.4 Å². The van der Waals surface area contributed by atoms with Crippen molar-refractivity contribution in [3.63, 3.8) is 0 Å². The lowest BCUT2D eigenvalue weighted by Crippen LogP contribution is -1.97. The van der Waals surface area contributed by atoms with Crippen molar-refractivity contribution in [3.05, 3.63) is 75.6 Å². The lowest BCUT2D eigenvalue weighted by molar-refractivity contribution is 1.19. The van der Waals surface area contributed by atoms with Crippen LogP contribution in [0.25, 0.3) is 10.4 Å². The van der Waals surface area contributed by atoms with Gasteiger partial charge in [-0.1, -0.05) is 46.3 Å². The van der Waals surface area contributed by atoms with Crippen molar-refractivity contribution in [2.45, 2.75) is 13.5 Å². The number of rotatable bonds is 4. The van der Waals surface area contributed by atoms with Crippen LogP contribution in [0.2, 0.25) is 0 Å². The minimum absolute atomic E-state index is 0.860. The van der Waals surface area contributed by atoms with Gasteiger partial charge >= 0.3 is 0 Å². The van der Waals surface area contributed by atoms with Crippen LogP contribution in [0.4, 0.5) is 5.69 Å². The molecule has 1 aromatic heterocycles. The summed E-state index contributed by atoms with van der Waals surface area (Å²) in [4.78, 5) is 2.66. The quantitative estimate of drug-likeness (QED) is 0.594. The summed E-state index contributed by atoms with van der Waals surface area (Å²) in [5.74, 6) is 0. The fraction of sp³-hybridized carbons (Fsp3) is 0.111. The van der Waals surface area contributed by atoms with E-state index in [0.29, 0.717) is 0 Å². The fourth-order valence-electron chi connectivity index (χ4n) is 2.17. The Balaban J connectivity index is 1.69. The van der Waals surface area contributed by atoms with Gasteiger partial charge in [0.1, 0.15) is 0 Å². The molecule has 0 aliphatic rings. The Morgan fingerprint density at radius 2 is 1.81 bits per heavy atom. The maximum Gasteiger partial charge on any atom is 0.0494 e. The molecule has 0 aliphatic carbocycles. The molecule has 0 saturated carbocycles. The molecule has 1 N–H and O–H groups in total. The van der Waals surface area contributed by atoms with Crippen LogP contribution in [-0.2, 0) is 6.54 Å². The molecule has 3 heteroatoms. The van der Waals surface area contributed by atoms with Gasteiger partial charge in [-0.25, -0.2) is 0 Å². The van der Waals surface area contributed by atoms with Crippen LogP contribution in [0, 0.1) is 6.92 Å². The molecule has 0 saturated heterocycles. The van der Waals surface area contributed by atoms with Crippen LogP contribution in [0.1, 0.15) is 10.4 Å². The molecular formula is C18H16BrNS. The predicted molar refractivity (Wildman–Crippen MR) is 96.0 cm³/mol. The van der Waals surface area contributed by atoms with E-state index in [-0.39, 0.29) is 0 Å². The maximum atomic E-state index is 3.53. The summed E-state index contributed by atoms with van der Waals surface area (Å²) in [5, 5.41) is 3.48. The highest BCUT2D eigenvalue weighted by molar-refractivity contribution is 9.10. The Bertz CT molecular complexity index is 734. The minimum Gasteiger partial charge on any atom is -0.380 e. The third-order valence-corrected chi connectivity index (χ3v) is 5.37. The molecule has 0 bridgehead atoms. The number of hydrogen-bond acceptors (Lipinski definition) is 2. The zero-order valence-corrected chi connectivity index (χ0v) is 14.2. The first-order valence-electron chi connectivity index (χ1n) is 6.86. The van der Waals surface area contributed by atoms with E-state index in [0.717, 1.165) is 16.7 Å². The molecule has 2 aromatic carbocycles. The second-order valence-corrected chi connectivity index (χ2v) is 6.97. The Morgan fingerprint density at radius 1 is 1.00 bits per heavy atom. The van der Waals surface area contributed by atoms with Crippen molar-refractivity contribution in [1.29, 1.82) is 0 Å². The van der Waals surface area contributed by atoms with Crippen molar-refractivity contribution in [2.75, 3.05) is 5.32 Å². The van der Waals surface area contributed by atoms with Gasteiger partial charge in [0, 0.05) is 26.5 Å². The summed E-state index contributed by atoms with van der Waals surface area (Å²) in [7, 11) is 0. The summed E-state index contributed by atoms with van der Waals surface area (Å²) in [6, 6.07) is 21.3. The maximum absolute atomic E-state index is 3.53. The van der Waals surface area contributed by atoms with E-state index in [1.807, 2.05) is 11.3 Å². The number of nitrogens with one attached hydrogen (secondary N) is 1. The molecule has 0 amide bonds. The monoisotopic (exact) mass is 357 g/mol. The topological polar surface area (TPSA) is 12.0 Å². The Kier molecular flexibility index (Phi) is 4.42. The lowest BCUT2D eigenvalue weighted by atomic mass is 10.2. The van der Waals surface area contributed by atoms with E-state index in [2.05, 4.69) is 88.8 Å². The average molecular weight is 358 g/mol. The first-order valence-corrected chi connectivity index (χ1v) is 8.47. The SMILES string of the molecule is Cc1cc(NCc2ccc(-c3ccccc3)s2)ccc1Br. The molecule has 0 spiro atoms. The van der Waals surface area contributed by atoms with Crippen LogP contribution in [-0.4, -0.2) is 0 Å².